The molecule has 49 heavy (non-hydrogen) atoms. The van der Waals surface area contributed by atoms with Crippen LogP contribution in [-0.4, -0.2) is 58.1 Å². The largest absolute Gasteiger partial charge is 0.457 e. The van der Waals surface area contributed by atoms with E-state index in [0.717, 1.165) is 54.1 Å². The van der Waals surface area contributed by atoms with Crippen LogP contribution < -0.4 is 10.3 Å². The predicted octanol–water partition coefficient (Wildman–Crippen LogP) is 7.58. The van der Waals surface area contributed by atoms with Gasteiger partial charge in [0.2, 0.25) is 5.43 Å². The first-order valence-corrected chi connectivity index (χ1v) is 16.4. The first-order chi connectivity index (χ1) is 23.0. The molecule has 4 aromatic rings. The average Bonchev–Trinajstić information content (AvgIpc) is 3.64. The lowest BCUT2D eigenvalue weighted by Crippen LogP contribution is -2.35. The summed E-state index contributed by atoms with van der Waals surface area (Å²) in [4.78, 5) is 40.7. The highest BCUT2D eigenvalue weighted by atomic mass is 16.5. The summed E-state index contributed by atoms with van der Waals surface area (Å²) in [6.07, 6.45) is 6.03. The molecule has 3 aromatic heterocycles. The Hall–Kier alpha value is -5.07. The molecule has 0 spiro atoms. The number of pyridine rings is 3. The Labute approximate surface area is 291 Å². The molecule has 0 aliphatic carbocycles. The van der Waals surface area contributed by atoms with Gasteiger partial charge in [-0.25, -0.2) is 9.78 Å². The normalized spacial score (nSPS) is 16.2. The van der Waals surface area contributed by atoms with E-state index in [9.17, 15) is 14.9 Å². The second-order valence-corrected chi connectivity index (χ2v) is 12.4. The van der Waals surface area contributed by atoms with E-state index in [4.69, 9.17) is 4.74 Å². The molecular formula is C40H50N6O3. The number of likely N-dealkylation sites (N-methyl/N-ethyl adjacent to an activating group) is 1. The van der Waals surface area contributed by atoms with Gasteiger partial charge in [0.1, 0.15) is 17.8 Å². The van der Waals surface area contributed by atoms with Gasteiger partial charge < -0.3 is 19.1 Å². The van der Waals surface area contributed by atoms with Crippen LogP contribution in [0.3, 0.4) is 0 Å². The maximum atomic E-state index is 13.7. The van der Waals surface area contributed by atoms with Gasteiger partial charge in [-0.1, -0.05) is 63.8 Å². The van der Waals surface area contributed by atoms with Gasteiger partial charge in [0.15, 0.2) is 0 Å². The summed E-state index contributed by atoms with van der Waals surface area (Å²) in [5, 5.41) is 10.2. The molecule has 0 saturated carbocycles. The third-order valence-corrected chi connectivity index (χ3v) is 8.45. The van der Waals surface area contributed by atoms with Crippen molar-refractivity contribution in [2.45, 2.75) is 61.1 Å². The monoisotopic (exact) mass is 662 g/mol. The van der Waals surface area contributed by atoms with Gasteiger partial charge >= 0.3 is 5.97 Å². The van der Waals surface area contributed by atoms with Gasteiger partial charge in [0.05, 0.1) is 22.7 Å². The number of benzene rings is 1. The lowest BCUT2D eigenvalue weighted by atomic mass is 9.95. The van der Waals surface area contributed by atoms with E-state index in [1.165, 1.54) is 11.8 Å². The molecule has 0 bridgehead atoms. The second-order valence-electron chi connectivity index (χ2n) is 12.4. The Morgan fingerprint density at radius 3 is 2.41 bits per heavy atom. The zero-order chi connectivity index (χ0) is 35.1. The highest BCUT2D eigenvalue weighted by Crippen LogP contribution is 2.44. The fraction of sp³-hybridized carbons (Fsp3) is 0.375. The number of likely N-dealkylation sites (tertiary alicyclic amines) is 1. The summed E-state index contributed by atoms with van der Waals surface area (Å²) in [7, 11) is 3.88. The highest BCUT2D eigenvalue weighted by molar-refractivity contribution is 5.96. The van der Waals surface area contributed by atoms with Gasteiger partial charge in [-0.3, -0.25) is 9.78 Å². The Morgan fingerprint density at radius 2 is 1.76 bits per heavy atom. The standard InChI is InChI=1S/C33H32N6O3.C4H8.C2H6.CH4/c1-20(13-34)29-21(2)35-15-26(30(29)39-11-10-23-16-37(3)18-28(23)39)24-12-25-31(40)27(17-38(4)32(25)36-14-24)33(41)42-19-22-8-6-5-7-9-22;1-4(2)3;1-2;/h5-9,12,14-15,17,23,28H,1,10-11,16,18-19H2,2-4H3;1H2,2-3H3;1-2H3;1H4/t23-,28?;;;/m0.../s1. The molecule has 0 amide bonds. The summed E-state index contributed by atoms with van der Waals surface area (Å²) in [6, 6.07) is 13.6. The first kappa shape index (κ1) is 38.4. The van der Waals surface area contributed by atoms with Crippen molar-refractivity contribution in [3.8, 4) is 17.2 Å². The topological polar surface area (TPSA) is 104 Å². The molecule has 5 heterocycles. The van der Waals surface area contributed by atoms with Crippen LogP contribution in [0.4, 0.5) is 5.69 Å². The van der Waals surface area contributed by atoms with E-state index in [2.05, 4.69) is 46.0 Å². The number of fused-ring (bicyclic) bond motifs is 2. The van der Waals surface area contributed by atoms with Crippen LogP contribution in [0.15, 0.2) is 78.5 Å². The van der Waals surface area contributed by atoms with E-state index in [0.29, 0.717) is 34.1 Å². The SMILES string of the molecule is C.C=C(C#N)c1c(C)ncc(-c2cnc3c(c2)c(=O)c(C(=O)OCc2ccccc2)cn3C)c1N1CC[C@H]2CN(C)CC21.C=C(C)C.CC. The average molecular weight is 663 g/mol. The van der Waals surface area contributed by atoms with Gasteiger partial charge in [-0.05, 0) is 51.8 Å². The molecule has 9 nitrogen and oxygen atoms in total. The van der Waals surface area contributed by atoms with Crippen LogP contribution in [0, 0.1) is 24.2 Å². The molecule has 2 fully saturated rings. The molecule has 1 aromatic carbocycles. The lowest BCUT2D eigenvalue weighted by Gasteiger charge is -2.31. The summed E-state index contributed by atoms with van der Waals surface area (Å²) in [5.74, 6) is -0.156. The molecular weight excluding hydrogens is 612 g/mol. The Balaban J connectivity index is 0.000000867. The Morgan fingerprint density at radius 1 is 1.08 bits per heavy atom. The van der Waals surface area contributed by atoms with Crippen LogP contribution in [0.1, 0.15) is 68.7 Å². The molecule has 6 rings (SSSR count). The van der Waals surface area contributed by atoms with Gasteiger partial charge in [-0.15, -0.1) is 6.58 Å². The lowest BCUT2D eigenvalue weighted by molar-refractivity contribution is 0.0470. The van der Waals surface area contributed by atoms with E-state index >= 15 is 0 Å². The molecule has 9 heteroatoms. The minimum atomic E-state index is -0.689. The maximum absolute atomic E-state index is 13.7. The first-order valence-electron chi connectivity index (χ1n) is 16.4. The van der Waals surface area contributed by atoms with Crippen LogP contribution in [0.5, 0.6) is 0 Å². The number of allylic oxidation sites excluding steroid dienone is 2. The number of anilines is 1. The third kappa shape index (κ3) is 8.33. The number of nitrogens with zero attached hydrogens (tertiary/aromatic N) is 6. The molecule has 0 radical (unpaired) electrons. The van der Waals surface area contributed by atoms with Crippen molar-refractivity contribution < 1.29 is 9.53 Å². The summed E-state index contributed by atoms with van der Waals surface area (Å²) in [5.41, 5.74) is 6.08. The van der Waals surface area contributed by atoms with E-state index < -0.39 is 11.4 Å². The van der Waals surface area contributed by atoms with Gasteiger partial charge in [-0.2, -0.15) is 5.26 Å². The Bertz CT molecular complexity index is 1920. The van der Waals surface area contributed by atoms with Gasteiger partial charge in [0, 0.05) is 73.7 Å². The minimum Gasteiger partial charge on any atom is -0.457 e. The number of hydrogen-bond acceptors (Lipinski definition) is 8. The van der Waals surface area contributed by atoms with Crippen LogP contribution in [-0.2, 0) is 18.4 Å². The second kappa shape index (κ2) is 16.8. The number of carbonyl (C=O) groups excluding carboxylic acids is 1. The molecule has 0 N–H and O–H groups in total. The van der Waals surface area contributed by atoms with E-state index in [-0.39, 0.29) is 19.6 Å². The third-order valence-electron chi connectivity index (χ3n) is 8.45. The molecule has 1 unspecified atom stereocenters. The zero-order valence-electron chi connectivity index (χ0n) is 29.2. The minimum absolute atomic E-state index is 0. The Kier molecular flexibility index (Phi) is 13.2. The van der Waals surface area contributed by atoms with Crippen molar-refractivity contribution in [3.05, 3.63) is 106 Å². The van der Waals surface area contributed by atoms with Crippen molar-refractivity contribution in [1.82, 2.24) is 19.4 Å². The van der Waals surface area contributed by atoms with Crippen molar-refractivity contribution in [2.75, 3.05) is 31.6 Å². The summed E-state index contributed by atoms with van der Waals surface area (Å²) in [6.45, 7) is 20.3. The van der Waals surface area contributed by atoms with Crippen molar-refractivity contribution in [2.24, 2.45) is 13.0 Å². The number of esters is 1. The quantitative estimate of drug-likeness (QED) is 0.118. The molecule has 2 aliphatic heterocycles. The van der Waals surface area contributed by atoms with Crippen LogP contribution >= 0.6 is 0 Å². The molecule has 2 atom stereocenters. The van der Waals surface area contributed by atoms with Crippen molar-refractivity contribution in [3.63, 3.8) is 0 Å². The van der Waals surface area contributed by atoms with E-state index in [1.54, 1.807) is 30.1 Å². The number of carbonyl (C=O) groups is 1. The van der Waals surface area contributed by atoms with Gasteiger partial charge in [0.25, 0.3) is 0 Å². The predicted molar refractivity (Wildman–Crippen MR) is 200 cm³/mol. The molecule has 258 valence electrons. The molecule has 2 saturated heterocycles. The fourth-order valence-electron chi connectivity index (χ4n) is 6.43. The summed E-state index contributed by atoms with van der Waals surface area (Å²) >= 11 is 0. The summed E-state index contributed by atoms with van der Waals surface area (Å²) < 4.78 is 7.15. The number of aromatic nitrogens is 3. The van der Waals surface area contributed by atoms with Crippen LogP contribution in [0.2, 0.25) is 0 Å². The maximum Gasteiger partial charge on any atom is 0.344 e. The van der Waals surface area contributed by atoms with Crippen LogP contribution in [0.25, 0.3) is 27.7 Å². The number of ether oxygens (including phenoxy) is 1. The number of aryl methyl sites for hydroxylation is 2. The number of rotatable bonds is 6. The number of nitriles is 1. The zero-order valence-corrected chi connectivity index (χ0v) is 29.2. The molecule has 2 aliphatic rings. The van der Waals surface area contributed by atoms with E-state index in [1.807, 2.05) is 65.0 Å². The number of hydrogen-bond donors (Lipinski definition) is 0. The van der Waals surface area contributed by atoms with Crippen molar-refractivity contribution >= 4 is 28.3 Å². The highest BCUT2D eigenvalue weighted by Gasteiger charge is 2.42. The smallest absolute Gasteiger partial charge is 0.344 e. The fourth-order valence-corrected chi connectivity index (χ4v) is 6.43. The van der Waals surface area contributed by atoms with Crippen molar-refractivity contribution in [1.29, 1.82) is 5.26 Å².